The summed E-state index contributed by atoms with van der Waals surface area (Å²) in [6, 6.07) is 0. The number of likely N-dealkylation sites (N-methyl/N-ethyl adjacent to an activating group) is 1. The molecule has 0 bridgehead atoms. The summed E-state index contributed by atoms with van der Waals surface area (Å²) >= 11 is 0. The largest absolute Gasteiger partial charge is 0.477 e. The summed E-state index contributed by atoms with van der Waals surface area (Å²) in [5.74, 6) is -2.06. The maximum atomic E-state index is 12.9. The minimum atomic E-state index is -1.53. The summed E-state index contributed by atoms with van der Waals surface area (Å²) in [6.45, 7) is 4.60. The Balaban J connectivity index is 4.22. The van der Waals surface area contributed by atoms with Crippen LogP contribution in [0.25, 0.3) is 0 Å². The molecule has 0 fully saturated rings. The Hall–Kier alpha value is -5.35. The summed E-state index contributed by atoms with van der Waals surface area (Å²) in [5.41, 5.74) is 0. The average Bonchev–Trinajstić information content (AvgIpc) is 3.64. The fourth-order valence-corrected chi connectivity index (χ4v) is 9.15. The first-order chi connectivity index (χ1) is 43.6. The standard InChI is InChI=1S/C80H129NO8/c1-6-8-10-12-14-16-18-20-22-24-26-28-30-32-34-36-38-39-41-42-44-46-48-50-52-54-56-58-60-62-64-66-68-70-77(82)87-74-76(75-88-80(79(84)85)86-73-72-81(3,4)5)89-78(83)71-69-67-65-63-61-59-57-55-53-51-49-47-45-43-40-37-35-33-31-29-27-25-23-21-19-17-15-13-11-9-7-2/h8-11,14-17,20-23,26-29,32-35,40,43,47,49,53,55,59,61,76,80H,6-7,12-13,18-19,24-25,30-31,36-39,41-42,44-46,48,50-52,54,56-58,60,62-75H2,1-5H3/p+1/b10-8-,11-9-,16-14-,17-15-,22-20-,23-21-,28-26-,29-27-,34-32-,35-33-,43-40-,49-47-,55-53-,61-59-. The van der Waals surface area contributed by atoms with E-state index in [1.807, 2.05) is 21.1 Å². The summed E-state index contributed by atoms with van der Waals surface area (Å²) in [6.07, 6.45) is 100. The van der Waals surface area contributed by atoms with Crippen LogP contribution in [0.2, 0.25) is 0 Å². The number of ether oxygens (including phenoxy) is 4. The molecule has 9 heteroatoms. The fraction of sp³-hybridized carbons (Fsp3) is 0.613. The zero-order valence-corrected chi connectivity index (χ0v) is 57.3. The third kappa shape index (κ3) is 70.0. The van der Waals surface area contributed by atoms with Crippen LogP contribution in [0.3, 0.4) is 0 Å². The Morgan fingerprint density at radius 3 is 0.910 bits per heavy atom. The van der Waals surface area contributed by atoms with Gasteiger partial charge < -0.3 is 28.5 Å². The Morgan fingerprint density at radius 1 is 0.337 bits per heavy atom. The second-order valence-electron chi connectivity index (χ2n) is 24.1. The highest BCUT2D eigenvalue weighted by molar-refractivity contribution is 5.71. The van der Waals surface area contributed by atoms with E-state index in [0.717, 1.165) is 128 Å². The maximum Gasteiger partial charge on any atom is 0.361 e. The van der Waals surface area contributed by atoms with E-state index in [2.05, 4.69) is 184 Å². The zero-order valence-electron chi connectivity index (χ0n) is 57.3. The Kier molecular flexibility index (Phi) is 64.4. The molecule has 0 spiro atoms. The van der Waals surface area contributed by atoms with Gasteiger partial charge in [-0.15, -0.1) is 0 Å². The van der Waals surface area contributed by atoms with Crippen molar-refractivity contribution in [2.75, 3.05) is 47.5 Å². The molecule has 0 radical (unpaired) electrons. The second kappa shape index (κ2) is 68.6. The lowest BCUT2D eigenvalue weighted by atomic mass is 10.0. The van der Waals surface area contributed by atoms with Gasteiger partial charge >= 0.3 is 17.9 Å². The predicted octanol–water partition coefficient (Wildman–Crippen LogP) is 22.2. The Morgan fingerprint density at radius 2 is 0.607 bits per heavy atom. The molecule has 89 heavy (non-hydrogen) atoms. The lowest BCUT2D eigenvalue weighted by molar-refractivity contribution is -0.870. The molecule has 0 aromatic rings. The summed E-state index contributed by atoms with van der Waals surface area (Å²) < 4.78 is 22.9. The lowest BCUT2D eigenvalue weighted by Gasteiger charge is -2.25. The number of rotatable bonds is 63. The molecule has 0 aliphatic carbocycles. The monoisotopic (exact) mass is 1230 g/mol. The first-order valence-electron chi connectivity index (χ1n) is 35.3. The van der Waals surface area contributed by atoms with Crippen molar-refractivity contribution in [2.45, 2.75) is 270 Å². The summed E-state index contributed by atoms with van der Waals surface area (Å²) in [7, 11) is 5.95. The van der Waals surface area contributed by atoms with Crippen molar-refractivity contribution in [3.8, 4) is 0 Å². The molecule has 0 saturated carbocycles. The lowest BCUT2D eigenvalue weighted by Crippen LogP contribution is -2.40. The van der Waals surface area contributed by atoms with Gasteiger partial charge in [0.15, 0.2) is 6.10 Å². The third-order valence-corrected chi connectivity index (χ3v) is 14.5. The van der Waals surface area contributed by atoms with E-state index in [1.54, 1.807) is 0 Å². The van der Waals surface area contributed by atoms with Crippen molar-refractivity contribution in [3.05, 3.63) is 170 Å². The van der Waals surface area contributed by atoms with Gasteiger partial charge in [-0.1, -0.05) is 287 Å². The smallest absolute Gasteiger partial charge is 0.361 e. The van der Waals surface area contributed by atoms with E-state index in [-0.39, 0.29) is 38.6 Å². The number of carbonyl (C=O) groups excluding carboxylic acids is 2. The van der Waals surface area contributed by atoms with E-state index in [4.69, 9.17) is 18.9 Å². The molecule has 0 aromatic carbocycles. The number of unbranched alkanes of at least 4 members (excludes halogenated alkanes) is 20. The molecule has 0 amide bonds. The number of nitrogens with zero attached hydrogens (tertiary/aromatic N) is 1. The molecule has 9 nitrogen and oxygen atoms in total. The number of carboxylic acids is 1. The SMILES string of the molecule is CC/C=C\C/C=C\C/C=C\C/C=C\C/C=C\C/C=C\C/C=C\C/C=C\C/C=C\CCCCCC(=O)OC(COC(=O)CCCCCCCCCCCCCCCCCCC/C=C\C/C=C\C/C=C\C/C=C\C/C=C\CC)COC(OCC[N+](C)(C)C)C(=O)O. The van der Waals surface area contributed by atoms with Crippen molar-refractivity contribution < 1.29 is 42.9 Å². The number of esters is 2. The van der Waals surface area contributed by atoms with Crippen molar-refractivity contribution >= 4 is 17.9 Å². The van der Waals surface area contributed by atoms with Crippen LogP contribution in [-0.4, -0.2) is 87.4 Å². The first kappa shape index (κ1) is 83.7. The van der Waals surface area contributed by atoms with E-state index in [0.29, 0.717) is 17.4 Å². The maximum absolute atomic E-state index is 12.9. The number of carboxylic acid groups (broad SMARTS) is 1. The molecule has 0 saturated heterocycles. The fourth-order valence-electron chi connectivity index (χ4n) is 9.15. The van der Waals surface area contributed by atoms with Gasteiger partial charge in [-0.2, -0.15) is 0 Å². The molecular formula is C80H130NO8+. The van der Waals surface area contributed by atoms with Crippen LogP contribution in [-0.2, 0) is 33.3 Å². The van der Waals surface area contributed by atoms with Gasteiger partial charge in [-0.25, -0.2) is 4.79 Å². The molecule has 2 unspecified atom stereocenters. The molecule has 0 aliphatic heterocycles. The molecule has 502 valence electrons. The van der Waals surface area contributed by atoms with Crippen LogP contribution in [0.15, 0.2) is 170 Å². The first-order valence-corrected chi connectivity index (χ1v) is 35.3. The number of quaternary nitrogens is 1. The van der Waals surface area contributed by atoms with Gasteiger partial charge in [0.1, 0.15) is 13.2 Å². The quantitative estimate of drug-likeness (QED) is 0.0211. The van der Waals surface area contributed by atoms with E-state index in [1.165, 1.54) is 96.3 Å². The van der Waals surface area contributed by atoms with Crippen molar-refractivity contribution in [1.29, 1.82) is 0 Å². The zero-order chi connectivity index (χ0) is 64.7. The van der Waals surface area contributed by atoms with Crippen molar-refractivity contribution in [3.63, 3.8) is 0 Å². The van der Waals surface area contributed by atoms with E-state index in [9.17, 15) is 19.5 Å². The molecule has 0 rings (SSSR count). The highest BCUT2D eigenvalue weighted by atomic mass is 16.7. The van der Waals surface area contributed by atoms with Crippen LogP contribution >= 0.6 is 0 Å². The molecular weight excluding hydrogens is 1100 g/mol. The molecule has 1 N–H and O–H groups in total. The van der Waals surface area contributed by atoms with Crippen molar-refractivity contribution in [2.24, 2.45) is 0 Å². The van der Waals surface area contributed by atoms with Gasteiger partial charge in [-0.3, -0.25) is 9.59 Å². The topological polar surface area (TPSA) is 108 Å². The van der Waals surface area contributed by atoms with Crippen LogP contribution in [0.1, 0.15) is 258 Å². The van der Waals surface area contributed by atoms with Gasteiger partial charge in [0, 0.05) is 12.8 Å². The average molecular weight is 1230 g/mol. The molecule has 0 aromatic heterocycles. The van der Waals surface area contributed by atoms with Gasteiger partial charge in [-0.05, 0) is 128 Å². The van der Waals surface area contributed by atoms with Crippen molar-refractivity contribution in [1.82, 2.24) is 0 Å². The van der Waals surface area contributed by atoms with Crippen LogP contribution in [0, 0.1) is 0 Å². The third-order valence-electron chi connectivity index (χ3n) is 14.5. The van der Waals surface area contributed by atoms with Crippen LogP contribution < -0.4 is 0 Å². The van der Waals surface area contributed by atoms with Crippen LogP contribution in [0.4, 0.5) is 0 Å². The highest BCUT2D eigenvalue weighted by Crippen LogP contribution is 2.16. The predicted molar refractivity (Wildman–Crippen MR) is 382 cm³/mol. The normalized spacial score (nSPS) is 13.8. The highest BCUT2D eigenvalue weighted by Gasteiger charge is 2.25. The van der Waals surface area contributed by atoms with Gasteiger partial charge in [0.2, 0.25) is 0 Å². The van der Waals surface area contributed by atoms with Gasteiger partial charge in [0.05, 0.1) is 34.4 Å². The second-order valence-corrected chi connectivity index (χ2v) is 24.1. The molecule has 0 aliphatic rings. The van der Waals surface area contributed by atoms with E-state index >= 15 is 0 Å². The van der Waals surface area contributed by atoms with Crippen LogP contribution in [0.5, 0.6) is 0 Å². The number of aliphatic carboxylic acids is 1. The number of allylic oxidation sites excluding steroid dienone is 28. The summed E-state index contributed by atoms with van der Waals surface area (Å²) in [5, 5.41) is 9.75. The number of hydrogen-bond acceptors (Lipinski definition) is 7. The number of carbonyl (C=O) groups is 3. The van der Waals surface area contributed by atoms with E-state index < -0.39 is 24.3 Å². The number of hydrogen-bond donors (Lipinski definition) is 1. The minimum absolute atomic E-state index is 0.172. The Labute approximate surface area is 546 Å². The molecule has 2 atom stereocenters. The minimum Gasteiger partial charge on any atom is -0.477 e. The molecule has 0 heterocycles. The summed E-state index contributed by atoms with van der Waals surface area (Å²) in [4.78, 5) is 37.6. The van der Waals surface area contributed by atoms with Gasteiger partial charge in [0.25, 0.3) is 6.29 Å². The Bertz CT molecular complexity index is 2070.